The number of amides is 1. The third-order valence-corrected chi connectivity index (χ3v) is 7.17. The zero-order valence-electron chi connectivity index (χ0n) is 22.4. The predicted octanol–water partition coefficient (Wildman–Crippen LogP) is 2.42. The van der Waals surface area contributed by atoms with Gasteiger partial charge < -0.3 is 25.1 Å². The summed E-state index contributed by atoms with van der Waals surface area (Å²) in [6.45, 7) is 2.84. The molecule has 1 saturated heterocycles. The fourth-order valence-corrected chi connectivity index (χ4v) is 5.22. The Morgan fingerprint density at radius 3 is 2.79 bits per heavy atom. The van der Waals surface area contributed by atoms with Gasteiger partial charge in [-0.25, -0.2) is 4.98 Å². The number of nitrogens with zero attached hydrogens (tertiary/aromatic N) is 8. The Labute approximate surface area is 233 Å². The highest BCUT2D eigenvalue weighted by atomic mass is 35.5. The number of aliphatic hydroxyl groups is 1. The first-order chi connectivity index (χ1) is 18.8. The molecular weight excluding hydrogens is 518 g/mol. The lowest BCUT2D eigenvalue weighted by Gasteiger charge is -2.44. The molecule has 5 rings (SSSR count). The molecule has 12 heteroatoms. The summed E-state index contributed by atoms with van der Waals surface area (Å²) < 4.78 is 1.61. The maximum Gasteiger partial charge on any atom is 0.246 e. The smallest absolute Gasteiger partial charge is 0.246 e. The SMILES string of the molecule is CN(C)C/C=C/C(=O)N1CCC(N2c3nc(Nc4cn(C)nc4Cl)ncc3CN(Cc3ccccc3)C2O)C1. The maximum atomic E-state index is 12.9. The first-order valence-corrected chi connectivity index (χ1v) is 13.3. The van der Waals surface area contributed by atoms with Crippen LogP contribution in [0.25, 0.3) is 0 Å². The van der Waals surface area contributed by atoms with Crippen molar-refractivity contribution in [3.05, 3.63) is 71.2 Å². The summed E-state index contributed by atoms with van der Waals surface area (Å²) in [6.07, 6.45) is 6.83. The Morgan fingerprint density at radius 1 is 1.28 bits per heavy atom. The molecule has 2 atom stereocenters. The molecule has 1 fully saturated rings. The van der Waals surface area contributed by atoms with E-state index in [2.05, 4.69) is 15.4 Å². The molecule has 0 spiro atoms. The van der Waals surface area contributed by atoms with Crippen molar-refractivity contribution in [2.45, 2.75) is 31.9 Å². The van der Waals surface area contributed by atoms with Crippen molar-refractivity contribution in [1.82, 2.24) is 34.4 Å². The molecular formula is C27H34ClN9O2. The van der Waals surface area contributed by atoms with Crippen LogP contribution in [0, 0.1) is 0 Å². The molecule has 11 nitrogen and oxygen atoms in total. The number of anilines is 3. The molecule has 4 heterocycles. The van der Waals surface area contributed by atoms with Crippen LogP contribution in [0.4, 0.5) is 17.5 Å². The summed E-state index contributed by atoms with van der Waals surface area (Å²) >= 11 is 6.24. The number of rotatable bonds is 8. The van der Waals surface area contributed by atoms with Crippen LogP contribution >= 0.6 is 11.6 Å². The Balaban J connectivity index is 1.42. The minimum Gasteiger partial charge on any atom is -0.361 e. The second-order valence-electron chi connectivity index (χ2n) is 10.2. The monoisotopic (exact) mass is 551 g/mol. The molecule has 0 bridgehead atoms. The van der Waals surface area contributed by atoms with Gasteiger partial charge in [0.1, 0.15) is 5.82 Å². The van der Waals surface area contributed by atoms with Gasteiger partial charge in [-0.3, -0.25) is 14.4 Å². The number of likely N-dealkylation sites (N-methyl/N-ethyl adjacent to an activating group) is 1. The van der Waals surface area contributed by atoms with Crippen LogP contribution in [-0.4, -0.2) is 91.6 Å². The zero-order valence-corrected chi connectivity index (χ0v) is 23.2. The van der Waals surface area contributed by atoms with Crippen molar-refractivity contribution in [2.24, 2.45) is 7.05 Å². The van der Waals surface area contributed by atoms with Crippen LogP contribution in [-0.2, 0) is 24.9 Å². The van der Waals surface area contributed by atoms with Crippen molar-refractivity contribution >= 4 is 35.0 Å². The van der Waals surface area contributed by atoms with Gasteiger partial charge in [-0.2, -0.15) is 10.1 Å². The molecule has 39 heavy (non-hydrogen) atoms. The van der Waals surface area contributed by atoms with Crippen molar-refractivity contribution in [3.63, 3.8) is 0 Å². The van der Waals surface area contributed by atoms with E-state index in [4.69, 9.17) is 16.6 Å². The largest absolute Gasteiger partial charge is 0.361 e. The Bertz CT molecular complexity index is 1330. The minimum absolute atomic E-state index is 0.0246. The second kappa shape index (κ2) is 11.7. The van der Waals surface area contributed by atoms with Crippen molar-refractivity contribution < 1.29 is 9.90 Å². The van der Waals surface area contributed by atoms with Gasteiger partial charge in [-0.15, -0.1) is 0 Å². The van der Waals surface area contributed by atoms with Crippen LogP contribution in [0.5, 0.6) is 0 Å². The molecule has 0 radical (unpaired) electrons. The number of nitrogens with one attached hydrogen (secondary N) is 1. The first kappa shape index (κ1) is 27.1. The quantitative estimate of drug-likeness (QED) is 0.408. The molecule has 0 aliphatic carbocycles. The highest BCUT2D eigenvalue weighted by Gasteiger charge is 2.40. The number of hydrogen-bond acceptors (Lipinski definition) is 9. The zero-order chi connectivity index (χ0) is 27.5. The molecule has 2 N–H and O–H groups in total. The number of aliphatic hydroxyl groups excluding tert-OH is 1. The van der Waals surface area contributed by atoms with Gasteiger partial charge in [0, 0.05) is 63.8 Å². The van der Waals surface area contributed by atoms with Gasteiger partial charge in [-0.05, 0) is 26.1 Å². The average Bonchev–Trinajstić information content (AvgIpc) is 3.51. The van der Waals surface area contributed by atoms with Gasteiger partial charge in [0.25, 0.3) is 0 Å². The summed E-state index contributed by atoms with van der Waals surface area (Å²) in [6, 6.07) is 9.94. The molecule has 2 aliphatic rings. The molecule has 2 aromatic heterocycles. The normalized spacial score (nSPS) is 19.7. The van der Waals surface area contributed by atoms with Gasteiger partial charge in [-0.1, -0.05) is 48.0 Å². The van der Waals surface area contributed by atoms with Crippen LogP contribution in [0.2, 0.25) is 5.15 Å². The lowest BCUT2D eigenvalue weighted by Crippen LogP contribution is -2.56. The highest BCUT2D eigenvalue weighted by molar-refractivity contribution is 6.32. The summed E-state index contributed by atoms with van der Waals surface area (Å²) in [5, 5.41) is 19.3. The van der Waals surface area contributed by atoms with E-state index in [1.54, 1.807) is 30.2 Å². The van der Waals surface area contributed by atoms with Gasteiger partial charge in [0.05, 0.1) is 11.7 Å². The average molecular weight is 552 g/mol. The minimum atomic E-state index is -0.924. The predicted molar refractivity (Wildman–Crippen MR) is 150 cm³/mol. The third kappa shape index (κ3) is 6.22. The summed E-state index contributed by atoms with van der Waals surface area (Å²) in [7, 11) is 5.71. The van der Waals surface area contributed by atoms with E-state index in [1.165, 1.54) is 0 Å². The Morgan fingerprint density at radius 2 is 2.08 bits per heavy atom. The van der Waals surface area contributed by atoms with E-state index in [1.807, 2.05) is 70.1 Å². The number of aryl methyl sites for hydroxylation is 1. The molecule has 2 unspecified atom stereocenters. The molecule has 3 aromatic rings. The number of carbonyl (C=O) groups excluding carboxylic acids is 1. The second-order valence-corrected chi connectivity index (χ2v) is 10.6. The summed E-state index contributed by atoms with van der Waals surface area (Å²) in [5.41, 5.74) is 2.59. The van der Waals surface area contributed by atoms with Crippen LogP contribution in [0.15, 0.2) is 54.9 Å². The number of aromatic nitrogens is 4. The fourth-order valence-electron chi connectivity index (χ4n) is 5.00. The van der Waals surface area contributed by atoms with Crippen LogP contribution in [0.3, 0.4) is 0 Å². The summed E-state index contributed by atoms with van der Waals surface area (Å²) in [4.78, 5) is 29.9. The van der Waals surface area contributed by atoms with Crippen molar-refractivity contribution in [1.29, 1.82) is 0 Å². The number of halogens is 1. The van der Waals surface area contributed by atoms with Gasteiger partial charge >= 0.3 is 0 Å². The van der Waals surface area contributed by atoms with E-state index in [0.717, 1.165) is 11.1 Å². The molecule has 206 valence electrons. The standard InChI is InChI=1S/C27H34ClN9O2/c1-33(2)12-7-10-23(38)35-13-11-21(17-35)37-25-20(16-36(27(37)39)15-19-8-5-4-6-9-19)14-29-26(31-25)30-22-18-34(3)32-24(22)28/h4-10,14,18,21,27,39H,11-13,15-17H2,1-3H3,(H,29,30,31)/b10-7+. The fraction of sp³-hybridized carbons (Fsp3) is 0.407. The van der Waals surface area contributed by atoms with Crippen molar-refractivity contribution in [2.75, 3.05) is 43.9 Å². The number of fused-ring (bicyclic) bond motifs is 1. The lowest BCUT2D eigenvalue weighted by molar-refractivity contribution is -0.125. The number of likely N-dealkylation sites (tertiary alicyclic amines) is 1. The first-order valence-electron chi connectivity index (χ1n) is 12.9. The van der Waals surface area contributed by atoms with E-state index < -0.39 is 6.35 Å². The van der Waals surface area contributed by atoms with E-state index in [9.17, 15) is 9.90 Å². The lowest BCUT2D eigenvalue weighted by atomic mass is 10.1. The number of hydrogen-bond donors (Lipinski definition) is 2. The summed E-state index contributed by atoms with van der Waals surface area (Å²) in [5.74, 6) is 0.977. The molecule has 2 aliphatic heterocycles. The highest BCUT2D eigenvalue weighted by Crippen LogP contribution is 2.35. The molecule has 1 amide bonds. The van der Waals surface area contributed by atoms with Gasteiger partial charge in [0.15, 0.2) is 11.5 Å². The topological polar surface area (TPSA) is 106 Å². The van der Waals surface area contributed by atoms with E-state index in [-0.39, 0.29) is 11.9 Å². The van der Waals surface area contributed by atoms with Gasteiger partial charge in [0.2, 0.25) is 11.9 Å². The van der Waals surface area contributed by atoms with E-state index >= 15 is 0 Å². The van der Waals surface area contributed by atoms with Crippen LogP contribution < -0.4 is 10.2 Å². The van der Waals surface area contributed by atoms with E-state index in [0.29, 0.717) is 61.8 Å². The van der Waals surface area contributed by atoms with Crippen molar-refractivity contribution in [3.8, 4) is 0 Å². The molecule has 0 saturated carbocycles. The third-order valence-electron chi connectivity index (χ3n) is 6.89. The Hall–Kier alpha value is -3.51. The molecule has 1 aromatic carbocycles. The maximum absolute atomic E-state index is 12.9. The Kier molecular flexibility index (Phi) is 8.12. The number of benzene rings is 1. The number of carbonyl (C=O) groups is 1. The van der Waals surface area contributed by atoms with Crippen LogP contribution in [0.1, 0.15) is 17.5 Å².